The SMILES string of the molecule is CC1N(CC(F)F)c2cc(Cl)sc2S(=O)(=O)N1C. The zero-order valence-corrected chi connectivity index (χ0v) is 12.0. The number of hydrogen-bond donors (Lipinski definition) is 0. The fourth-order valence-electron chi connectivity index (χ4n) is 1.85. The lowest BCUT2D eigenvalue weighted by molar-refractivity contribution is 0.146. The Balaban J connectivity index is 2.57. The van der Waals surface area contributed by atoms with Gasteiger partial charge in [0.2, 0.25) is 0 Å². The molecule has 0 aliphatic carbocycles. The lowest BCUT2D eigenvalue weighted by Gasteiger charge is -2.40. The molecule has 1 aromatic rings. The standard InChI is InChI=1S/C9H11ClF2N2O2S2/c1-5-13(2)18(15,16)9-6(3-7(10)17-9)14(5)4-8(11)12/h3,5,8H,4H2,1-2H3. The molecule has 0 N–H and O–H groups in total. The second-order valence-corrected chi connectivity index (χ2v) is 7.80. The second kappa shape index (κ2) is 4.59. The van der Waals surface area contributed by atoms with Gasteiger partial charge in [-0.15, -0.1) is 11.3 Å². The van der Waals surface area contributed by atoms with Crippen LogP contribution in [0, 0.1) is 0 Å². The molecule has 18 heavy (non-hydrogen) atoms. The monoisotopic (exact) mass is 316 g/mol. The normalized spacial score (nSPS) is 23.4. The van der Waals surface area contributed by atoms with Crippen LogP contribution in [0.15, 0.2) is 10.3 Å². The van der Waals surface area contributed by atoms with Crippen molar-refractivity contribution in [2.45, 2.75) is 23.7 Å². The molecule has 0 bridgehead atoms. The summed E-state index contributed by atoms with van der Waals surface area (Å²) in [5, 5.41) is 0. The predicted octanol–water partition coefficient (Wildman–Crippen LogP) is 2.45. The van der Waals surface area contributed by atoms with Crippen molar-refractivity contribution in [2.75, 3.05) is 18.5 Å². The van der Waals surface area contributed by atoms with E-state index >= 15 is 0 Å². The minimum absolute atomic E-state index is 0.0220. The van der Waals surface area contributed by atoms with Crippen LogP contribution in [0.1, 0.15) is 6.92 Å². The van der Waals surface area contributed by atoms with E-state index in [0.717, 1.165) is 15.6 Å². The van der Waals surface area contributed by atoms with Crippen LogP contribution in [-0.2, 0) is 10.0 Å². The molecule has 1 atom stereocenters. The van der Waals surface area contributed by atoms with E-state index in [9.17, 15) is 17.2 Å². The Bertz CT molecular complexity index is 561. The molecule has 0 aromatic carbocycles. The number of sulfonamides is 1. The van der Waals surface area contributed by atoms with Crippen molar-refractivity contribution in [2.24, 2.45) is 0 Å². The molecular weight excluding hydrogens is 306 g/mol. The van der Waals surface area contributed by atoms with Crippen molar-refractivity contribution < 1.29 is 17.2 Å². The third kappa shape index (κ3) is 2.11. The van der Waals surface area contributed by atoms with E-state index in [-0.39, 0.29) is 14.2 Å². The van der Waals surface area contributed by atoms with Crippen molar-refractivity contribution in [3.63, 3.8) is 0 Å². The molecule has 0 amide bonds. The number of fused-ring (bicyclic) bond motifs is 1. The van der Waals surface area contributed by atoms with Crippen LogP contribution in [0.25, 0.3) is 0 Å². The van der Waals surface area contributed by atoms with Gasteiger partial charge >= 0.3 is 0 Å². The van der Waals surface area contributed by atoms with Crippen LogP contribution in [0.2, 0.25) is 4.34 Å². The fraction of sp³-hybridized carbons (Fsp3) is 0.556. The van der Waals surface area contributed by atoms with E-state index < -0.39 is 29.2 Å². The van der Waals surface area contributed by atoms with Gasteiger partial charge in [-0.3, -0.25) is 0 Å². The van der Waals surface area contributed by atoms with Gasteiger partial charge in [0.05, 0.1) is 22.7 Å². The Morgan fingerprint density at radius 1 is 1.56 bits per heavy atom. The Hall–Kier alpha value is -0.440. The van der Waals surface area contributed by atoms with E-state index in [2.05, 4.69) is 0 Å². The molecule has 102 valence electrons. The molecular formula is C9H11ClF2N2O2S2. The van der Waals surface area contributed by atoms with Gasteiger partial charge in [0.25, 0.3) is 16.4 Å². The molecule has 2 rings (SSSR count). The summed E-state index contributed by atoms with van der Waals surface area (Å²) >= 11 is 6.68. The molecule has 9 heteroatoms. The van der Waals surface area contributed by atoms with Gasteiger partial charge in [-0.1, -0.05) is 11.6 Å². The number of nitrogens with zero attached hydrogens (tertiary/aromatic N) is 2. The summed E-state index contributed by atoms with van der Waals surface area (Å²) in [7, 11) is -2.27. The smallest absolute Gasteiger partial charge is 0.256 e. The number of anilines is 1. The van der Waals surface area contributed by atoms with Crippen molar-refractivity contribution >= 4 is 38.6 Å². The van der Waals surface area contributed by atoms with E-state index in [1.807, 2.05) is 0 Å². The Labute approximate surface area is 113 Å². The minimum Gasteiger partial charge on any atom is -0.347 e. The number of thiophene rings is 1. The topological polar surface area (TPSA) is 40.6 Å². The average molecular weight is 317 g/mol. The summed E-state index contributed by atoms with van der Waals surface area (Å²) in [6, 6.07) is 1.42. The molecule has 0 saturated carbocycles. The summed E-state index contributed by atoms with van der Waals surface area (Å²) in [5.74, 6) is 0. The zero-order chi connectivity index (χ0) is 13.7. The fourth-order valence-corrected chi connectivity index (χ4v) is 5.21. The molecule has 0 radical (unpaired) electrons. The predicted molar refractivity (Wildman–Crippen MR) is 67.1 cm³/mol. The number of alkyl halides is 2. The maximum absolute atomic E-state index is 12.6. The molecule has 1 unspecified atom stereocenters. The largest absolute Gasteiger partial charge is 0.347 e. The Morgan fingerprint density at radius 2 is 2.17 bits per heavy atom. The summed E-state index contributed by atoms with van der Waals surface area (Å²) < 4.78 is 50.8. The quantitative estimate of drug-likeness (QED) is 0.841. The second-order valence-electron chi connectivity index (χ2n) is 3.92. The van der Waals surface area contributed by atoms with Crippen LogP contribution >= 0.6 is 22.9 Å². The van der Waals surface area contributed by atoms with Crippen molar-refractivity contribution in [3.8, 4) is 0 Å². The first kappa shape index (κ1) is 14.0. The average Bonchev–Trinajstić information content (AvgIpc) is 2.65. The first-order valence-corrected chi connectivity index (χ1v) is 7.70. The molecule has 1 aliphatic rings. The van der Waals surface area contributed by atoms with Gasteiger partial charge in [-0.25, -0.2) is 17.2 Å². The maximum Gasteiger partial charge on any atom is 0.256 e. The van der Waals surface area contributed by atoms with E-state index in [1.54, 1.807) is 6.92 Å². The molecule has 0 spiro atoms. The molecule has 0 fully saturated rings. The lowest BCUT2D eigenvalue weighted by Crippen LogP contribution is -2.52. The van der Waals surface area contributed by atoms with E-state index in [0.29, 0.717) is 0 Å². The highest BCUT2D eigenvalue weighted by Crippen LogP contribution is 2.43. The highest BCUT2D eigenvalue weighted by Gasteiger charge is 2.40. The molecule has 0 saturated heterocycles. The van der Waals surface area contributed by atoms with Gasteiger partial charge in [0, 0.05) is 7.05 Å². The Morgan fingerprint density at radius 3 is 2.72 bits per heavy atom. The van der Waals surface area contributed by atoms with Crippen LogP contribution < -0.4 is 4.90 Å². The van der Waals surface area contributed by atoms with E-state index in [4.69, 9.17) is 11.6 Å². The lowest BCUT2D eigenvalue weighted by atomic mass is 10.3. The number of halogens is 3. The third-order valence-electron chi connectivity index (χ3n) is 2.88. The third-order valence-corrected chi connectivity index (χ3v) is 6.56. The van der Waals surface area contributed by atoms with Gasteiger partial charge in [0.15, 0.2) is 4.21 Å². The Kier molecular flexibility index (Phi) is 3.56. The van der Waals surface area contributed by atoms with Gasteiger partial charge in [-0.05, 0) is 13.0 Å². The highest BCUT2D eigenvalue weighted by atomic mass is 35.5. The first-order valence-electron chi connectivity index (χ1n) is 5.07. The van der Waals surface area contributed by atoms with Crippen molar-refractivity contribution in [1.29, 1.82) is 0 Å². The molecule has 4 nitrogen and oxygen atoms in total. The molecule has 1 aliphatic heterocycles. The first-order chi connectivity index (χ1) is 8.25. The van der Waals surface area contributed by atoms with Crippen LogP contribution in [0.4, 0.5) is 14.5 Å². The molecule has 2 heterocycles. The number of rotatable bonds is 2. The van der Waals surface area contributed by atoms with Gasteiger partial charge in [0.1, 0.15) is 0 Å². The summed E-state index contributed by atoms with van der Waals surface area (Å²) in [5.41, 5.74) is 0.260. The van der Waals surface area contributed by atoms with Crippen LogP contribution in [0.5, 0.6) is 0 Å². The number of hydrogen-bond acceptors (Lipinski definition) is 4. The minimum atomic E-state index is -3.64. The van der Waals surface area contributed by atoms with Gasteiger partial charge in [-0.2, -0.15) is 4.31 Å². The summed E-state index contributed by atoms with van der Waals surface area (Å²) in [6.07, 6.45) is -3.21. The summed E-state index contributed by atoms with van der Waals surface area (Å²) in [4.78, 5) is 1.35. The van der Waals surface area contributed by atoms with Crippen LogP contribution in [-0.4, -0.2) is 38.9 Å². The van der Waals surface area contributed by atoms with Gasteiger partial charge < -0.3 is 4.90 Å². The van der Waals surface area contributed by atoms with Crippen LogP contribution in [0.3, 0.4) is 0 Å². The van der Waals surface area contributed by atoms with E-state index in [1.165, 1.54) is 18.0 Å². The maximum atomic E-state index is 12.6. The summed E-state index contributed by atoms with van der Waals surface area (Å²) in [6.45, 7) is 1.04. The zero-order valence-electron chi connectivity index (χ0n) is 9.60. The van der Waals surface area contributed by atoms with Crippen molar-refractivity contribution in [3.05, 3.63) is 10.4 Å². The molecule has 1 aromatic heterocycles. The van der Waals surface area contributed by atoms with Crippen molar-refractivity contribution in [1.82, 2.24) is 4.31 Å². The highest BCUT2D eigenvalue weighted by molar-refractivity contribution is 7.91.